The molecule has 0 spiro atoms. The van der Waals surface area contributed by atoms with Crippen molar-refractivity contribution in [1.29, 1.82) is 0 Å². The molecule has 1 aliphatic heterocycles. The van der Waals surface area contributed by atoms with E-state index in [-0.39, 0.29) is 24.7 Å². The van der Waals surface area contributed by atoms with Gasteiger partial charge in [-0.25, -0.2) is 9.97 Å². The first-order chi connectivity index (χ1) is 21.1. The Morgan fingerprint density at radius 3 is 2.07 bits per heavy atom. The van der Waals surface area contributed by atoms with Gasteiger partial charge in [0.05, 0.1) is 33.7 Å². The molecule has 216 valence electrons. The minimum absolute atomic E-state index is 0.261. The van der Waals surface area contributed by atoms with E-state index in [1.807, 2.05) is 55.6 Å². The number of rotatable bonds is 4. The predicted octanol–water partition coefficient (Wildman–Crippen LogP) is 6.26. The summed E-state index contributed by atoms with van der Waals surface area (Å²) in [4.78, 5) is 38.3. The van der Waals surface area contributed by atoms with E-state index >= 15 is 0 Å². The van der Waals surface area contributed by atoms with Gasteiger partial charge in [-0.1, -0.05) is 60.7 Å². The summed E-state index contributed by atoms with van der Waals surface area (Å²) < 4.78 is 1.78. The van der Waals surface area contributed by atoms with Crippen LogP contribution in [0.3, 0.4) is 0 Å². The lowest BCUT2D eigenvalue weighted by molar-refractivity contribution is -0.118. The van der Waals surface area contributed by atoms with E-state index in [4.69, 9.17) is 4.98 Å². The second-order valence-corrected chi connectivity index (χ2v) is 12.4. The smallest absolute Gasteiger partial charge is 0.262 e. The summed E-state index contributed by atoms with van der Waals surface area (Å²) in [5.41, 5.74) is 6.77. The fraction of sp³-hybridized carbons (Fsp3) is 0.194. The van der Waals surface area contributed by atoms with Gasteiger partial charge in [0, 0.05) is 41.6 Å². The molecule has 0 radical (unpaired) electrons. The fourth-order valence-corrected chi connectivity index (χ4v) is 7.17. The molecule has 8 rings (SSSR count). The molecule has 1 aliphatic carbocycles. The highest BCUT2D eigenvalue weighted by atomic mass is 16.3. The van der Waals surface area contributed by atoms with E-state index in [2.05, 4.69) is 35.2 Å². The molecule has 1 fully saturated rings. The molecule has 6 aromatic rings. The lowest BCUT2D eigenvalue weighted by atomic mass is 9.61. The minimum atomic E-state index is -0.993. The van der Waals surface area contributed by atoms with E-state index in [1.165, 1.54) is 4.90 Å². The number of fused-ring (bicyclic) bond motifs is 4. The molecule has 2 amide bonds. The molecule has 8 heteroatoms. The summed E-state index contributed by atoms with van der Waals surface area (Å²) in [5.74, 6) is -0.647. The number of carbonyl (C=O) groups is 2. The number of nitrogens with zero attached hydrogens (tertiary/aromatic N) is 5. The second-order valence-electron chi connectivity index (χ2n) is 12.4. The van der Waals surface area contributed by atoms with Gasteiger partial charge in [0.2, 0.25) is 0 Å². The number of carbonyl (C=O) groups excluding carboxylic acids is 2. The third-order valence-corrected chi connectivity index (χ3v) is 9.08. The number of imide groups is 1. The summed E-state index contributed by atoms with van der Waals surface area (Å²) in [5, 5.41) is 16.4. The Labute approximate surface area is 253 Å². The first kappa shape index (κ1) is 26.4. The third-order valence-electron chi connectivity index (χ3n) is 9.08. The quantitative estimate of drug-likeness (QED) is 0.247. The maximum Gasteiger partial charge on any atom is 0.262 e. The number of hydrogen-bond donors (Lipinski definition) is 1. The highest BCUT2D eigenvalue weighted by Crippen LogP contribution is 2.54. The summed E-state index contributed by atoms with van der Waals surface area (Å²) in [6.07, 6.45) is 2.36. The van der Waals surface area contributed by atoms with Gasteiger partial charge in [-0.3, -0.25) is 14.5 Å². The van der Waals surface area contributed by atoms with Crippen LogP contribution in [0.25, 0.3) is 39.1 Å². The van der Waals surface area contributed by atoms with Crippen molar-refractivity contribution >= 4 is 28.5 Å². The Hall–Kier alpha value is -5.21. The van der Waals surface area contributed by atoms with Gasteiger partial charge in [-0.15, -0.1) is 0 Å². The number of aromatic nitrogens is 4. The van der Waals surface area contributed by atoms with Crippen LogP contribution in [0.4, 0.5) is 0 Å². The van der Waals surface area contributed by atoms with Crippen molar-refractivity contribution in [2.75, 3.05) is 0 Å². The molecule has 8 nitrogen and oxygen atoms in total. The van der Waals surface area contributed by atoms with Crippen molar-refractivity contribution < 1.29 is 14.7 Å². The average Bonchev–Trinajstić information content (AvgIpc) is 3.51. The number of aliphatic hydroxyl groups is 1. The Morgan fingerprint density at radius 2 is 1.43 bits per heavy atom. The second kappa shape index (κ2) is 9.14. The molecule has 0 atom stereocenters. The molecule has 1 N–H and O–H groups in total. The van der Waals surface area contributed by atoms with Crippen LogP contribution in [-0.2, 0) is 5.54 Å². The molecule has 0 bridgehead atoms. The van der Waals surface area contributed by atoms with Crippen molar-refractivity contribution in [3.63, 3.8) is 0 Å². The molecule has 0 saturated heterocycles. The van der Waals surface area contributed by atoms with Crippen molar-refractivity contribution in [3.8, 4) is 22.4 Å². The fourth-order valence-electron chi connectivity index (χ4n) is 7.17. The van der Waals surface area contributed by atoms with Gasteiger partial charge in [-0.2, -0.15) is 9.61 Å². The molecule has 3 aromatic heterocycles. The first-order valence-electron chi connectivity index (χ1n) is 14.7. The van der Waals surface area contributed by atoms with Crippen LogP contribution < -0.4 is 0 Å². The van der Waals surface area contributed by atoms with Crippen molar-refractivity contribution in [2.45, 2.75) is 44.8 Å². The SMILES string of the molecule is Cc1cc2ncc3cc(-c4ccccc4C)c(-c4ccc(C5(N6C(=O)c7ccccc7C6=O)CC(C)(O)C5)cc4)nc3n2n1. The average molecular weight is 580 g/mol. The van der Waals surface area contributed by atoms with Crippen LogP contribution in [0.2, 0.25) is 0 Å². The van der Waals surface area contributed by atoms with Crippen LogP contribution >= 0.6 is 0 Å². The highest BCUT2D eigenvalue weighted by molar-refractivity contribution is 6.22. The predicted molar refractivity (Wildman–Crippen MR) is 167 cm³/mol. The molecule has 1 saturated carbocycles. The van der Waals surface area contributed by atoms with Crippen LogP contribution in [-0.4, -0.2) is 47.0 Å². The van der Waals surface area contributed by atoms with E-state index < -0.39 is 11.1 Å². The number of aryl methyl sites for hydroxylation is 2. The zero-order chi connectivity index (χ0) is 30.4. The third kappa shape index (κ3) is 3.77. The van der Waals surface area contributed by atoms with Gasteiger partial charge in [0.25, 0.3) is 11.8 Å². The van der Waals surface area contributed by atoms with E-state index in [0.717, 1.165) is 50.2 Å². The molecular formula is C36H29N5O3. The Bertz CT molecular complexity index is 2140. The standard InChI is InChI=1S/C36H29N5O3/c1-21-8-4-5-9-26(21)29-17-24-18-37-30-16-22(2)39-41(30)32(24)38-31(29)23-12-14-25(15-13-23)36(19-35(3,44)20-36)40-33(42)27-10-6-7-11-28(27)34(40)43/h4-18,44H,19-20H2,1-3H3. The molecule has 44 heavy (non-hydrogen) atoms. The molecular weight excluding hydrogens is 550 g/mol. The minimum Gasteiger partial charge on any atom is -0.390 e. The number of hydrogen-bond acceptors (Lipinski definition) is 6. The van der Waals surface area contributed by atoms with Crippen molar-refractivity contribution in [2.24, 2.45) is 0 Å². The summed E-state index contributed by atoms with van der Waals surface area (Å²) in [6, 6.07) is 27.1. The zero-order valence-corrected chi connectivity index (χ0v) is 24.6. The lowest BCUT2D eigenvalue weighted by Crippen LogP contribution is -2.63. The molecule has 3 aromatic carbocycles. The van der Waals surface area contributed by atoms with Crippen LogP contribution in [0.15, 0.2) is 91.1 Å². The van der Waals surface area contributed by atoms with Gasteiger partial charge >= 0.3 is 0 Å². The van der Waals surface area contributed by atoms with Gasteiger partial charge in [-0.05, 0) is 55.7 Å². The maximum atomic E-state index is 13.6. The molecule has 2 aliphatic rings. The largest absolute Gasteiger partial charge is 0.390 e. The van der Waals surface area contributed by atoms with E-state index in [9.17, 15) is 14.7 Å². The van der Waals surface area contributed by atoms with Crippen LogP contribution in [0.1, 0.15) is 57.3 Å². The van der Waals surface area contributed by atoms with Crippen molar-refractivity contribution in [3.05, 3.63) is 119 Å². The Balaban J connectivity index is 1.28. The zero-order valence-electron chi connectivity index (χ0n) is 24.6. The van der Waals surface area contributed by atoms with E-state index in [0.29, 0.717) is 16.8 Å². The van der Waals surface area contributed by atoms with E-state index in [1.54, 1.807) is 35.7 Å². The molecule has 0 unspecified atom stereocenters. The van der Waals surface area contributed by atoms with Gasteiger partial charge < -0.3 is 5.11 Å². The van der Waals surface area contributed by atoms with Gasteiger partial charge in [0.15, 0.2) is 11.3 Å². The maximum absolute atomic E-state index is 13.6. The number of benzene rings is 3. The summed E-state index contributed by atoms with van der Waals surface area (Å²) in [7, 11) is 0. The Kier molecular flexibility index (Phi) is 5.49. The molecule has 4 heterocycles. The van der Waals surface area contributed by atoms with Crippen molar-refractivity contribution in [1.82, 2.24) is 24.5 Å². The normalized spacial score (nSPS) is 21.2. The highest BCUT2D eigenvalue weighted by Gasteiger charge is 2.60. The lowest BCUT2D eigenvalue weighted by Gasteiger charge is -2.55. The van der Waals surface area contributed by atoms with Crippen LogP contribution in [0, 0.1) is 13.8 Å². The topological polar surface area (TPSA) is 101 Å². The Morgan fingerprint density at radius 1 is 0.795 bits per heavy atom. The monoisotopic (exact) mass is 579 g/mol. The summed E-state index contributed by atoms with van der Waals surface area (Å²) in [6.45, 7) is 5.76. The number of pyridine rings is 1. The van der Waals surface area contributed by atoms with Crippen LogP contribution in [0.5, 0.6) is 0 Å². The summed E-state index contributed by atoms with van der Waals surface area (Å²) >= 11 is 0. The number of amides is 2. The van der Waals surface area contributed by atoms with Gasteiger partial charge in [0.1, 0.15) is 0 Å². The first-order valence-corrected chi connectivity index (χ1v) is 14.7.